The van der Waals surface area contributed by atoms with Crippen LogP contribution in [0.4, 0.5) is 0 Å². The number of rotatable bonds is 4. The van der Waals surface area contributed by atoms with Crippen LogP contribution in [0.1, 0.15) is 28.8 Å². The van der Waals surface area contributed by atoms with Crippen molar-refractivity contribution in [3.05, 3.63) is 29.3 Å². The minimum Gasteiger partial charge on any atom is -0.352 e. The second kappa shape index (κ2) is 4.70. The van der Waals surface area contributed by atoms with Crippen molar-refractivity contribution in [3.8, 4) is 0 Å². The van der Waals surface area contributed by atoms with E-state index in [9.17, 15) is 13.2 Å². The number of aryl methyl sites for hydroxylation is 1. The van der Waals surface area contributed by atoms with E-state index in [2.05, 4.69) is 5.32 Å². The number of nitrogens with one attached hydrogen (secondary N) is 1. The Morgan fingerprint density at radius 1 is 1.44 bits per heavy atom. The fourth-order valence-electron chi connectivity index (χ4n) is 1.72. The number of benzene rings is 1. The largest absolute Gasteiger partial charge is 0.352 e. The van der Waals surface area contributed by atoms with Gasteiger partial charge in [-0.3, -0.25) is 4.79 Å². The molecular formula is C12H16N2O3S. The lowest BCUT2D eigenvalue weighted by Gasteiger charge is -2.08. The molecule has 1 aromatic rings. The zero-order chi connectivity index (χ0) is 13.3. The van der Waals surface area contributed by atoms with Crippen molar-refractivity contribution < 1.29 is 13.2 Å². The lowest BCUT2D eigenvalue weighted by atomic mass is 10.1. The van der Waals surface area contributed by atoms with Crippen LogP contribution in [0.25, 0.3) is 0 Å². The SMILES string of the molecule is Cc1cc(S(N)(=O)=O)ccc1C(=O)NCC1CC1. The summed E-state index contributed by atoms with van der Waals surface area (Å²) in [5, 5.41) is 7.87. The molecule has 2 rings (SSSR count). The van der Waals surface area contributed by atoms with Crippen molar-refractivity contribution in [1.82, 2.24) is 5.32 Å². The van der Waals surface area contributed by atoms with Crippen molar-refractivity contribution in [3.63, 3.8) is 0 Å². The summed E-state index contributed by atoms with van der Waals surface area (Å²) in [7, 11) is -3.72. The van der Waals surface area contributed by atoms with Gasteiger partial charge in [0, 0.05) is 12.1 Å². The van der Waals surface area contributed by atoms with Crippen LogP contribution in [0.5, 0.6) is 0 Å². The molecule has 1 aliphatic rings. The summed E-state index contributed by atoms with van der Waals surface area (Å²) in [5.41, 5.74) is 1.10. The lowest BCUT2D eigenvalue weighted by molar-refractivity contribution is 0.0951. The number of hydrogen-bond donors (Lipinski definition) is 2. The van der Waals surface area contributed by atoms with Gasteiger partial charge in [-0.2, -0.15) is 0 Å². The minimum absolute atomic E-state index is 0.0266. The van der Waals surface area contributed by atoms with Gasteiger partial charge in [-0.25, -0.2) is 13.6 Å². The molecular weight excluding hydrogens is 252 g/mol. The van der Waals surface area contributed by atoms with Crippen LogP contribution in [-0.2, 0) is 10.0 Å². The molecule has 0 aliphatic heterocycles. The second-order valence-electron chi connectivity index (χ2n) is 4.68. The van der Waals surface area contributed by atoms with E-state index in [4.69, 9.17) is 5.14 Å². The van der Waals surface area contributed by atoms with Gasteiger partial charge in [0.05, 0.1) is 4.90 Å². The topological polar surface area (TPSA) is 89.3 Å². The third kappa shape index (κ3) is 3.08. The highest BCUT2D eigenvalue weighted by molar-refractivity contribution is 7.89. The van der Waals surface area contributed by atoms with Gasteiger partial charge in [-0.15, -0.1) is 0 Å². The van der Waals surface area contributed by atoms with Crippen LogP contribution in [0.2, 0.25) is 0 Å². The second-order valence-corrected chi connectivity index (χ2v) is 6.24. The fourth-order valence-corrected chi connectivity index (χ4v) is 2.32. The average Bonchev–Trinajstić information content (AvgIpc) is 3.08. The zero-order valence-corrected chi connectivity index (χ0v) is 11.0. The van der Waals surface area contributed by atoms with Gasteiger partial charge in [0.1, 0.15) is 0 Å². The van der Waals surface area contributed by atoms with E-state index in [1.165, 1.54) is 31.0 Å². The van der Waals surface area contributed by atoms with E-state index in [0.717, 1.165) is 0 Å². The lowest BCUT2D eigenvalue weighted by Crippen LogP contribution is -2.26. The molecule has 0 spiro atoms. The molecule has 0 bridgehead atoms. The highest BCUT2D eigenvalue weighted by Gasteiger charge is 2.22. The first-order valence-corrected chi connectivity index (χ1v) is 7.34. The quantitative estimate of drug-likeness (QED) is 0.845. The molecule has 18 heavy (non-hydrogen) atoms. The van der Waals surface area contributed by atoms with Crippen molar-refractivity contribution in [2.75, 3.05) is 6.54 Å². The van der Waals surface area contributed by atoms with Gasteiger partial charge in [0.15, 0.2) is 0 Å². The van der Waals surface area contributed by atoms with E-state index in [1.54, 1.807) is 6.92 Å². The number of hydrogen-bond acceptors (Lipinski definition) is 3. The normalized spacial score (nSPS) is 15.4. The summed E-state index contributed by atoms with van der Waals surface area (Å²) in [6.07, 6.45) is 2.34. The van der Waals surface area contributed by atoms with E-state index in [1.807, 2.05) is 0 Å². The van der Waals surface area contributed by atoms with Crippen LogP contribution in [-0.4, -0.2) is 20.9 Å². The summed E-state index contributed by atoms with van der Waals surface area (Å²) in [4.78, 5) is 11.9. The molecule has 98 valence electrons. The number of sulfonamides is 1. The monoisotopic (exact) mass is 268 g/mol. The Balaban J connectivity index is 2.15. The standard InChI is InChI=1S/C12H16N2O3S/c1-8-6-10(18(13,16)17)4-5-11(8)12(15)14-7-9-2-3-9/h4-6,9H,2-3,7H2,1H3,(H,14,15)(H2,13,16,17). The summed E-state index contributed by atoms with van der Waals surface area (Å²) < 4.78 is 22.3. The van der Waals surface area contributed by atoms with Crippen molar-refractivity contribution in [1.29, 1.82) is 0 Å². The Bertz CT molecular complexity index is 577. The number of amides is 1. The first-order valence-electron chi connectivity index (χ1n) is 5.79. The van der Waals surface area contributed by atoms with Gasteiger partial charge in [0.2, 0.25) is 10.0 Å². The molecule has 0 atom stereocenters. The molecule has 3 N–H and O–H groups in total. The molecule has 0 radical (unpaired) electrons. The first-order chi connectivity index (χ1) is 8.38. The van der Waals surface area contributed by atoms with Crippen LogP contribution >= 0.6 is 0 Å². The molecule has 0 saturated heterocycles. The summed E-state index contributed by atoms with van der Waals surface area (Å²) in [5.74, 6) is 0.443. The number of carbonyl (C=O) groups excluding carboxylic acids is 1. The van der Waals surface area contributed by atoms with Crippen LogP contribution in [0.3, 0.4) is 0 Å². The highest BCUT2D eigenvalue weighted by atomic mass is 32.2. The third-order valence-electron chi connectivity index (χ3n) is 3.02. The van der Waals surface area contributed by atoms with E-state index in [-0.39, 0.29) is 10.8 Å². The predicted octanol–water partition coefficient (Wildman–Crippen LogP) is 0.782. The maximum absolute atomic E-state index is 11.9. The molecule has 1 aliphatic carbocycles. The number of nitrogens with two attached hydrogens (primary N) is 1. The smallest absolute Gasteiger partial charge is 0.251 e. The Labute approximate surface area is 106 Å². The maximum atomic E-state index is 11.9. The van der Waals surface area contributed by atoms with Crippen LogP contribution < -0.4 is 10.5 Å². The van der Waals surface area contributed by atoms with Gasteiger partial charge >= 0.3 is 0 Å². The maximum Gasteiger partial charge on any atom is 0.251 e. The van der Waals surface area contributed by atoms with Gasteiger partial charge < -0.3 is 5.32 Å². The molecule has 1 saturated carbocycles. The van der Waals surface area contributed by atoms with Crippen molar-refractivity contribution in [2.24, 2.45) is 11.1 Å². The highest BCUT2D eigenvalue weighted by Crippen LogP contribution is 2.27. The van der Waals surface area contributed by atoms with Gasteiger partial charge in [-0.1, -0.05) is 0 Å². The summed E-state index contributed by atoms with van der Waals surface area (Å²) in [6, 6.07) is 4.27. The Kier molecular flexibility index (Phi) is 3.41. The third-order valence-corrected chi connectivity index (χ3v) is 3.93. The summed E-state index contributed by atoms with van der Waals surface area (Å²) >= 11 is 0. The minimum atomic E-state index is -3.72. The van der Waals surface area contributed by atoms with Crippen molar-refractivity contribution in [2.45, 2.75) is 24.7 Å². The van der Waals surface area contributed by atoms with E-state index in [0.29, 0.717) is 23.6 Å². The fraction of sp³-hybridized carbons (Fsp3) is 0.417. The molecule has 1 aromatic carbocycles. The number of primary sulfonamides is 1. The Morgan fingerprint density at radius 2 is 2.11 bits per heavy atom. The molecule has 5 nitrogen and oxygen atoms in total. The van der Waals surface area contributed by atoms with Gasteiger partial charge in [-0.05, 0) is 49.4 Å². The Morgan fingerprint density at radius 3 is 2.61 bits per heavy atom. The molecule has 0 heterocycles. The van der Waals surface area contributed by atoms with Crippen molar-refractivity contribution >= 4 is 15.9 Å². The predicted molar refractivity (Wildman–Crippen MR) is 67.6 cm³/mol. The van der Waals surface area contributed by atoms with Crippen LogP contribution in [0.15, 0.2) is 23.1 Å². The average molecular weight is 268 g/mol. The summed E-state index contributed by atoms with van der Waals surface area (Å²) in [6.45, 7) is 2.38. The zero-order valence-electron chi connectivity index (χ0n) is 10.1. The molecule has 1 fully saturated rings. The van der Waals surface area contributed by atoms with E-state index >= 15 is 0 Å². The Hall–Kier alpha value is -1.40. The van der Waals surface area contributed by atoms with Gasteiger partial charge in [0.25, 0.3) is 5.91 Å². The molecule has 0 aromatic heterocycles. The molecule has 6 heteroatoms. The first kappa shape index (κ1) is 13.0. The molecule has 0 unspecified atom stereocenters. The molecule has 1 amide bonds. The van der Waals surface area contributed by atoms with E-state index < -0.39 is 10.0 Å². The number of carbonyl (C=O) groups is 1. The van der Waals surface area contributed by atoms with Crippen LogP contribution in [0, 0.1) is 12.8 Å².